The lowest BCUT2D eigenvalue weighted by Gasteiger charge is -2.07. The Morgan fingerprint density at radius 1 is 1.33 bits per heavy atom. The molecule has 1 aromatic carbocycles. The molecule has 0 spiro atoms. The van der Waals surface area contributed by atoms with Crippen LogP contribution in [0.2, 0.25) is 10.0 Å². The average Bonchev–Trinajstić information content (AvgIpc) is 2.26. The van der Waals surface area contributed by atoms with Crippen molar-refractivity contribution in [2.24, 2.45) is 0 Å². The SMILES string of the molecule is CCCC(=O)OC(=O)c1c(F)cc(Cl)c(F)c1Cl. The average molecular weight is 297 g/mol. The summed E-state index contributed by atoms with van der Waals surface area (Å²) >= 11 is 10.8. The lowest BCUT2D eigenvalue weighted by Crippen LogP contribution is -2.14. The Morgan fingerprint density at radius 3 is 2.50 bits per heavy atom. The van der Waals surface area contributed by atoms with Gasteiger partial charge in [-0.15, -0.1) is 0 Å². The summed E-state index contributed by atoms with van der Waals surface area (Å²) in [5.41, 5.74) is -0.844. The number of carbonyl (C=O) groups excluding carboxylic acids is 2. The van der Waals surface area contributed by atoms with Gasteiger partial charge in [-0.1, -0.05) is 30.1 Å². The van der Waals surface area contributed by atoms with Gasteiger partial charge in [-0.05, 0) is 12.5 Å². The molecule has 0 aliphatic carbocycles. The third-order valence-corrected chi connectivity index (χ3v) is 2.61. The van der Waals surface area contributed by atoms with Crippen LogP contribution in [0.15, 0.2) is 6.07 Å². The maximum Gasteiger partial charge on any atom is 0.350 e. The number of rotatable bonds is 3. The van der Waals surface area contributed by atoms with Crippen LogP contribution >= 0.6 is 23.2 Å². The normalized spacial score (nSPS) is 10.3. The minimum Gasteiger partial charge on any atom is -0.389 e. The Kier molecular flexibility index (Phi) is 5.04. The van der Waals surface area contributed by atoms with Crippen LogP contribution in [0.1, 0.15) is 30.1 Å². The lowest BCUT2D eigenvalue weighted by molar-refractivity contribution is -0.138. The molecule has 0 heterocycles. The Labute approximate surface area is 112 Å². The van der Waals surface area contributed by atoms with Crippen molar-refractivity contribution in [3.05, 3.63) is 33.3 Å². The van der Waals surface area contributed by atoms with Gasteiger partial charge in [0.15, 0.2) is 5.82 Å². The van der Waals surface area contributed by atoms with Gasteiger partial charge < -0.3 is 4.74 Å². The van der Waals surface area contributed by atoms with Crippen LogP contribution in [-0.2, 0) is 9.53 Å². The van der Waals surface area contributed by atoms with E-state index in [9.17, 15) is 18.4 Å². The van der Waals surface area contributed by atoms with Gasteiger partial charge in [0.1, 0.15) is 11.4 Å². The van der Waals surface area contributed by atoms with Gasteiger partial charge in [0.05, 0.1) is 10.0 Å². The van der Waals surface area contributed by atoms with Crippen molar-refractivity contribution in [3.63, 3.8) is 0 Å². The molecule has 1 aromatic rings. The zero-order chi connectivity index (χ0) is 13.9. The van der Waals surface area contributed by atoms with Gasteiger partial charge >= 0.3 is 11.9 Å². The third kappa shape index (κ3) is 3.17. The largest absolute Gasteiger partial charge is 0.389 e. The van der Waals surface area contributed by atoms with E-state index in [1.807, 2.05) is 0 Å². The molecule has 0 saturated carbocycles. The van der Waals surface area contributed by atoms with E-state index in [1.165, 1.54) is 0 Å². The first-order chi connectivity index (χ1) is 8.38. The number of carbonyl (C=O) groups is 2. The molecule has 3 nitrogen and oxygen atoms in total. The van der Waals surface area contributed by atoms with Crippen LogP contribution < -0.4 is 0 Å². The fourth-order valence-electron chi connectivity index (χ4n) is 1.16. The van der Waals surface area contributed by atoms with Gasteiger partial charge in [0.25, 0.3) is 0 Å². The summed E-state index contributed by atoms with van der Waals surface area (Å²) in [5.74, 6) is -4.48. The van der Waals surface area contributed by atoms with Crippen molar-refractivity contribution in [3.8, 4) is 0 Å². The number of hydrogen-bond donors (Lipinski definition) is 0. The minimum atomic E-state index is -1.34. The molecule has 0 aliphatic rings. The molecule has 0 unspecified atom stereocenters. The molecule has 0 amide bonds. The van der Waals surface area contributed by atoms with Crippen molar-refractivity contribution >= 4 is 35.1 Å². The van der Waals surface area contributed by atoms with Crippen molar-refractivity contribution in [1.29, 1.82) is 0 Å². The zero-order valence-electron chi connectivity index (χ0n) is 9.23. The molecule has 0 radical (unpaired) electrons. The zero-order valence-corrected chi connectivity index (χ0v) is 10.7. The van der Waals surface area contributed by atoms with Crippen LogP contribution in [0.3, 0.4) is 0 Å². The molecule has 0 aromatic heterocycles. The predicted molar refractivity (Wildman–Crippen MR) is 61.7 cm³/mol. The molecular weight excluding hydrogens is 289 g/mol. The highest BCUT2D eigenvalue weighted by Crippen LogP contribution is 2.29. The van der Waals surface area contributed by atoms with Gasteiger partial charge in [-0.3, -0.25) is 4.79 Å². The summed E-state index contributed by atoms with van der Waals surface area (Å²) < 4.78 is 31.0. The van der Waals surface area contributed by atoms with Crippen LogP contribution in [0.5, 0.6) is 0 Å². The number of ether oxygens (including phenoxy) is 1. The van der Waals surface area contributed by atoms with E-state index in [-0.39, 0.29) is 6.42 Å². The van der Waals surface area contributed by atoms with Gasteiger partial charge in [-0.25, -0.2) is 13.6 Å². The lowest BCUT2D eigenvalue weighted by atomic mass is 10.2. The molecule has 0 fully saturated rings. The predicted octanol–water partition coefficient (Wildman–Crippen LogP) is 3.76. The Hall–Kier alpha value is -1.20. The second-order valence-electron chi connectivity index (χ2n) is 3.35. The summed E-state index contributed by atoms with van der Waals surface area (Å²) in [6.45, 7) is 1.70. The van der Waals surface area contributed by atoms with Crippen LogP contribution in [0.4, 0.5) is 8.78 Å². The maximum absolute atomic E-state index is 13.4. The quantitative estimate of drug-likeness (QED) is 0.369. The summed E-state index contributed by atoms with van der Waals surface area (Å²) in [6.07, 6.45) is 0.443. The number of halogens is 4. The number of esters is 2. The third-order valence-electron chi connectivity index (χ3n) is 1.98. The summed E-state index contributed by atoms with van der Waals surface area (Å²) in [6, 6.07) is 0.587. The van der Waals surface area contributed by atoms with E-state index in [1.54, 1.807) is 6.92 Å². The molecule has 0 saturated heterocycles. The molecule has 98 valence electrons. The van der Waals surface area contributed by atoms with Crippen LogP contribution in [-0.4, -0.2) is 11.9 Å². The Bertz CT molecular complexity index is 504. The Balaban J connectivity index is 3.07. The topological polar surface area (TPSA) is 43.4 Å². The van der Waals surface area contributed by atoms with Gasteiger partial charge in [-0.2, -0.15) is 0 Å². The second-order valence-corrected chi connectivity index (χ2v) is 4.14. The van der Waals surface area contributed by atoms with Crippen LogP contribution in [0, 0.1) is 11.6 Å². The molecule has 1 rings (SSSR count). The molecule has 7 heteroatoms. The highest BCUT2D eigenvalue weighted by Gasteiger charge is 2.24. The van der Waals surface area contributed by atoms with E-state index in [4.69, 9.17) is 23.2 Å². The Morgan fingerprint density at radius 2 is 1.94 bits per heavy atom. The first-order valence-corrected chi connectivity index (χ1v) is 5.72. The number of hydrogen-bond acceptors (Lipinski definition) is 3. The van der Waals surface area contributed by atoms with E-state index in [0.29, 0.717) is 12.5 Å². The van der Waals surface area contributed by atoms with Gasteiger partial charge in [0, 0.05) is 6.42 Å². The highest BCUT2D eigenvalue weighted by atomic mass is 35.5. The standard InChI is InChI=1S/C11H8Cl2F2O3/c1-2-3-7(16)18-11(17)8-6(14)4-5(12)10(15)9(8)13/h4H,2-3H2,1H3. The van der Waals surface area contributed by atoms with Crippen LogP contribution in [0.25, 0.3) is 0 Å². The van der Waals surface area contributed by atoms with Crippen molar-refractivity contribution in [2.75, 3.05) is 0 Å². The van der Waals surface area contributed by atoms with Crippen molar-refractivity contribution in [2.45, 2.75) is 19.8 Å². The molecule has 0 aliphatic heterocycles. The molecule has 0 N–H and O–H groups in total. The first kappa shape index (κ1) is 14.9. The minimum absolute atomic E-state index is 0.0128. The van der Waals surface area contributed by atoms with E-state index < -0.39 is 39.2 Å². The van der Waals surface area contributed by atoms with Crippen molar-refractivity contribution < 1.29 is 23.1 Å². The highest BCUT2D eigenvalue weighted by molar-refractivity contribution is 6.37. The second kappa shape index (κ2) is 6.11. The fourth-order valence-corrected chi connectivity index (χ4v) is 1.67. The van der Waals surface area contributed by atoms with E-state index >= 15 is 0 Å². The monoisotopic (exact) mass is 296 g/mol. The smallest absolute Gasteiger partial charge is 0.350 e. The molecule has 0 atom stereocenters. The van der Waals surface area contributed by atoms with E-state index in [0.717, 1.165) is 0 Å². The maximum atomic E-state index is 13.4. The van der Waals surface area contributed by atoms with Gasteiger partial charge in [0.2, 0.25) is 0 Å². The van der Waals surface area contributed by atoms with E-state index in [2.05, 4.69) is 4.74 Å². The summed E-state index contributed by atoms with van der Waals surface area (Å²) in [4.78, 5) is 22.5. The summed E-state index contributed by atoms with van der Waals surface area (Å²) in [7, 11) is 0. The first-order valence-electron chi connectivity index (χ1n) is 4.96. The molecule has 0 bridgehead atoms. The fraction of sp³-hybridized carbons (Fsp3) is 0.273. The number of benzene rings is 1. The molecular formula is C11H8Cl2F2O3. The van der Waals surface area contributed by atoms with Crippen molar-refractivity contribution in [1.82, 2.24) is 0 Å². The molecule has 18 heavy (non-hydrogen) atoms. The summed E-state index contributed by atoms with van der Waals surface area (Å²) in [5, 5.41) is -1.37.